The number of carbonyl (C=O) groups is 3. The number of carboxylic acids is 1. The van der Waals surface area contributed by atoms with Gasteiger partial charge in [0.05, 0.1) is 16.9 Å². The molecule has 1 aromatic rings. The van der Waals surface area contributed by atoms with Gasteiger partial charge in [0.25, 0.3) is 0 Å². The SMILES string of the molecule is O=C(CN1C(=O)CSc2ccccc21)NCC1(C(=O)O)CC1. The highest BCUT2D eigenvalue weighted by molar-refractivity contribution is 8.00. The zero-order valence-corrected chi connectivity index (χ0v) is 12.7. The van der Waals surface area contributed by atoms with Crippen LogP contribution in [0.4, 0.5) is 5.69 Å². The number of nitrogens with one attached hydrogen (secondary N) is 1. The molecule has 0 saturated heterocycles. The van der Waals surface area contributed by atoms with Crippen molar-refractivity contribution in [2.45, 2.75) is 17.7 Å². The maximum Gasteiger partial charge on any atom is 0.311 e. The lowest BCUT2D eigenvalue weighted by atomic mass is 10.1. The molecule has 1 aromatic carbocycles. The Kier molecular flexibility index (Phi) is 3.82. The van der Waals surface area contributed by atoms with Gasteiger partial charge in [-0.2, -0.15) is 0 Å². The predicted octanol–water partition coefficient (Wildman–Crippen LogP) is 1.11. The summed E-state index contributed by atoms with van der Waals surface area (Å²) in [4.78, 5) is 37.6. The van der Waals surface area contributed by atoms with Crippen molar-refractivity contribution in [1.82, 2.24) is 5.32 Å². The van der Waals surface area contributed by atoms with Crippen molar-refractivity contribution in [3.05, 3.63) is 24.3 Å². The molecule has 3 rings (SSSR count). The summed E-state index contributed by atoms with van der Waals surface area (Å²) in [5.41, 5.74) is -0.0618. The lowest BCUT2D eigenvalue weighted by Gasteiger charge is -2.28. The van der Waals surface area contributed by atoms with Crippen LogP contribution in [0, 0.1) is 5.41 Å². The molecule has 2 aliphatic rings. The van der Waals surface area contributed by atoms with Crippen LogP contribution >= 0.6 is 11.8 Å². The highest BCUT2D eigenvalue weighted by Gasteiger charge is 2.50. The van der Waals surface area contributed by atoms with Gasteiger partial charge < -0.3 is 15.3 Å². The van der Waals surface area contributed by atoms with E-state index in [4.69, 9.17) is 5.11 Å². The van der Waals surface area contributed by atoms with Gasteiger partial charge >= 0.3 is 5.97 Å². The number of nitrogens with zero attached hydrogens (tertiary/aromatic N) is 1. The standard InChI is InChI=1S/C15H16N2O4S/c18-12(16-9-15(5-6-15)14(20)21)7-17-10-3-1-2-4-11(10)22-8-13(17)19/h1-4H,5-9H2,(H,16,18)(H,20,21). The summed E-state index contributed by atoms with van der Waals surface area (Å²) in [6, 6.07) is 7.45. The number of fused-ring (bicyclic) bond motifs is 1. The first-order valence-electron chi connectivity index (χ1n) is 7.04. The minimum absolute atomic E-state index is 0.0773. The fourth-order valence-corrected chi connectivity index (χ4v) is 3.35. The molecule has 0 bridgehead atoms. The number of thioether (sulfide) groups is 1. The van der Waals surface area contributed by atoms with Gasteiger partial charge in [0.1, 0.15) is 6.54 Å². The number of carboxylic acid groups (broad SMARTS) is 1. The summed E-state index contributed by atoms with van der Waals surface area (Å²) >= 11 is 1.46. The van der Waals surface area contributed by atoms with Crippen LogP contribution in [0.15, 0.2) is 29.2 Å². The van der Waals surface area contributed by atoms with Gasteiger partial charge in [-0.25, -0.2) is 0 Å². The van der Waals surface area contributed by atoms with Crippen molar-refractivity contribution in [1.29, 1.82) is 0 Å². The number of para-hydroxylation sites is 1. The topological polar surface area (TPSA) is 86.7 Å². The summed E-state index contributed by atoms with van der Waals surface area (Å²) in [5, 5.41) is 11.7. The molecule has 22 heavy (non-hydrogen) atoms. The number of amides is 2. The Morgan fingerprint density at radius 1 is 1.32 bits per heavy atom. The zero-order chi connectivity index (χ0) is 15.7. The third-order valence-electron chi connectivity index (χ3n) is 4.04. The minimum atomic E-state index is -0.872. The molecule has 0 atom stereocenters. The number of rotatable bonds is 5. The number of hydrogen-bond donors (Lipinski definition) is 2. The van der Waals surface area contributed by atoms with E-state index in [2.05, 4.69) is 5.32 Å². The van der Waals surface area contributed by atoms with Gasteiger partial charge in [-0.1, -0.05) is 12.1 Å². The molecule has 0 spiro atoms. The molecule has 0 radical (unpaired) electrons. The van der Waals surface area contributed by atoms with E-state index in [9.17, 15) is 14.4 Å². The van der Waals surface area contributed by atoms with Crippen LogP contribution in [0.2, 0.25) is 0 Å². The monoisotopic (exact) mass is 320 g/mol. The highest BCUT2D eigenvalue weighted by atomic mass is 32.2. The first kappa shape index (κ1) is 14.9. The van der Waals surface area contributed by atoms with Crippen LogP contribution in [-0.2, 0) is 14.4 Å². The first-order valence-corrected chi connectivity index (χ1v) is 8.03. The molecule has 1 saturated carbocycles. The molecule has 2 N–H and O–H groups in total. The summed E-state index contributed by atoms with van der Waals surface area (Å²) in [7, 11) is 0. The second-order valence-electron chi connectivity index (χ2n) is 5.60. The van der Waals surface area contributed by atoms with Crippen molar-refractivity contribution in [2.75, 3.05) is 23.7 Å². The molecule has 1 aliphatic heterocycles. The zero-order valence-electron chi connectivity index (χ0n) is 11.9. The number of hydrogen-bond acceptors (Lipinski definition) is 4. The fraction of sp³-hybridized carbons (Fsp3) is 0.400. The third kappa shape index (κ3) is 2.81. The molecule has 116 valence electrons. The molecular weight excluding hydrogens is 304 g/mol. The Labute approximate surface area is 131 Å². The van der Waals surface area contributed by atoms with E-state index >= 15 is 0 Å². The van der Waals surface area contributed by atoms with Crippen molar-refractivity contribution in [3.8, 4) is 0 Å². The fourth-order valence-electron chi connectivity index (χ4n) is 2.41. The van der Waals surface area contributed by atoms with E-state index in [0.717, 1.165) is 10.6 Å². The highest BCUT2D eigenvalue weighted by Crippen LogP contribution is 2.45. The Morgan fingerprint density at radius 2 is 2.05 bits per heavy atom. The molecule has 0 aromatic heterocycles. The van der Waals surface area contributed by atoms with E-state index in [-0.39, 0.29) is 24.9 Å². The minimum Gasteiger partial charge on any atom is -0.481 e. The molecule has 1 fully saturated rings. The first-order chi connectivity index (χ1) is 10.5. The van der Waals surface area contributed by atoms with Gasteiger partial charge in [0.2, 0.25) is 11.8 Å². The molecule has 1 aliphatic carbocycles. The van der Waals surface area contributed by atoms with Crippen LogP contribution in [0.5, 0.6) is 0 Å². The third-order valence-corrected chi connectivity index (χ3v) is 5.09. The van der Waals surface area contributed by atoms with Gasteiger partial charge in [-0.15, -0.1) is 11.8 Å². The summed E-state index contributed by atoms with van der Waals surface area (Å²) in [6.07, 6.45) is 1.18. The van der Waals surface area contributed by atoms with Crippen LogP contribution in [0.1, 0.15) is 12.8 Å². The van der Waals surface area contributed by atoms with Crippen LogP contribution < -0.4 is 10.2 Å². The van der Waals surface area contributed by atoms with E-state index in [1.165, 1.54) is 16.7 Å². The average molecular weight is 320 g/mol. The molecule has 1 heterocycles. The smallest absolute Gasteiger partial charge is 0.311 e. The van der Waals surface area contributed by atoms with Crippen molar-refractivity contribution in [2.24, 2.45) is 5.41 Å². The Bertz CT molecular complexity index is 642. The van der Waals surface area contributed by atoms with Crippen LogP contribution in [0.3, 0.4) is 0 Å². The van der Waals surface area contributed by atoms with Crippen molar-refractivity contribution in [3.63, 3.8) is 0 Å². The van der Waals surface area contributed by atoms with Crippen LogP contribution in [0.25, 0.3) is 0 Å². The molecule has 0 unspecified atom stereocenters. The Morgan fingerprint density at radius 3 is 2.73 bits per heavy atom. The number of carbonyl (C=O) groups excluding carboxylic acids is 2. The van der Waals surface area contributed by atoms with Gasteiger partial charge in [0, 0.05) is 11.4 Å². The molecule has 6 nitrogen and oxygen atoms in total. The molecule has 7 heteroatoms. The Hall–Kier alpha value is -2.02. The molecule has 2 amide bonds. The number of benzene rings is 1. The van der Waals surface area contributed by atoms with Crippen molar-refractivity contribution < 1.29 is 19.5 Å². The number of anilines is 1. The van der Waals surface area contributed by atoms with Gasteiger partial charge in [-0.05, 0) is 25.0 Å². The van der Waals surface area contributed by atoms with E-state index < -0.39 is 11.4 Å². The predicted molar refractivity (Wildman–Crippen MR) is 81.8 cm³/mol. The lowest BCUT2D eigenvalue weighted by molar-refractivity contribution is -0.143. The van der Waals surface area contributed by atoms with Gasteiger partial charge in [0.15, 0.2) is 0 Å². The average Bonchev–Trinajstić information content (AvgIpc) is 3.29. The van der Waals surface area contributed by atoms with Crippen molar-refractivity contribution >= 4 is 35.2 Å². The summed E-state index contributed by atoms with van der Waals surface area (Å²) in [5.74, 6) is -1.01. The van der Waals surface area contributed by atoms with E-state index in [1.54, 1.807) is 0 Å². The van der Waals surface area contributed by atoms with Crippen LogP contribution in [-0.4, -0.2) is 41.7 Å². The van der Waals surface area contributed by atoms with E-state index in [1.807, 2.05) is 24.3 Å². The second kappa shape index (κ2) is 5.64. The molecular formula is C15H16N2O4S. The second-order valence-corrected chi connectivity index (χ2v) is 6.62. The normalized spacial score (nSPS) is 18.5. The quantitative estimate of drug-likeness (QED) is 0.848. The summed E-state index contributed by atoms with van der Waals surface area (Å²) < 4.78 is 0. The maximum atomic E-state index is 12.1. The summed E-state index contributed by atoms with van der Waals surface area (Å²) in [6.45, 7) is 0.0473. The largest absolute Gasteiger partial charge is 0.481 e. The Balaban J connectivity index is 1.64. The maximum absolute atomic E-state index is 12.1. The van der Waals surface area contributed by atoms with E-state index in [0.29, 0.717) is 18.6 Å². The lowest BCUT2D eigenvalue weighted by Crippen LogP contribution is -2.45. The number of aliphatic carboxylic acids is 1. The van der Waals surface area contributed by atoms with Gasteiger partial charge in [-0.3, -0.25) is 14.4 Å².